The Labute approximate surface area is 259 Å². The number of hydrogen-bond donors (Lipinski definition) is 0. The highest BCUT2D eigenvalue weighted by Crippen LogP contribution is 2.39. The Bertz CT molecular complexity index is 1620. The van der Waals surface area contributed by atoms with Gasteiger partial charge in [0.25, 0.3) is 17.7 Å². The van der Waals surface area contributed by atoms with Gasteiger partial charge in [-0.2, -0.15) is 5.01 Å². The van der Waals surface area contributed by atoms with Gasteiger partial charge in [-0.3, -0.25) is 19.2 Å². The van der Waals surface area contributed by atoms with Gasteiger partial charge in [-0.25, -0.2) is 9.80 Å². The van der Waals surface area contributed by atoms with Gasteiger partial charge in [0.05, 0.1) is 28.0 Å². The molecule has 3 atom stereocenters. The molecule has 3 aromatic carbocycles. The van der Waals surface area contributed by atoms with Crippen LogP contribution in [0.3, 0.4) is 0 Å². The van der Waals surface area contributed by atoms with Gasteiger partial charge in [-0.05, 0) is 79.1 Å². The van der Waals surface area contributed by atoms with Crippen molar-refractivity contribution in [2.45, 2.75) is 13.3 Å². The van der Waals surface area contributed by atoms with E-state index in [0.717, 1.165) is 14.5 Å². The monoisotopic (exact) mass is 668 g/mol. The highest BCUT2D eigenvalue weighted by atomic mass is 79.9. The minimum atomic E-state index is -0.800. The number of ketones is 1. The minimum Gasteiger partial charge on any atom is -0.423 e. The zero-order chi connectivity index (χ0) is 30.1. The van der Waals surface area contributed by atoms with Gasteiger partial charge in [0.2, 0.25) is 0 Å². The van der Waals surface area contributed by atoms with E-state index < -0.39 is 47.9 Å². The lowest BCUT2D eigenvalue weighted by atomic mass is 9.78. The van der Waals surface area contributed by atoms with Crippen molar-refractivity contribution in [2.24, 2.45) is 17.8 Å². The Hall–Kier alpha value is -3.79. The number of rotatable bonds is 7. The maximum absolute atomic E-state index is 13.8. The van der Waals surface area contributed by atoms with Crippen LogP contribution in [0.5, 0.6) is 5.75 Å². The number of fused-ring (bicyclic) bond motifs is 1. The molecule has 1 aliphatic carbocycles. The minimum absolute atomic E-state index is 0.00781. The average molecular weight is 670 g/mol. The van der Waals surface area contributed by atoms with Crippen LogP contribution in [-0.4, -0.2) is 46.0 Å². The Morgan fingerprint density at radius 1 is 0.952 bits per heavy atom. The van der Waals surface area contributed by atoms with E-state index in [9.17, 15) is 24.0 Å². The maximum atomic E-state index is 13.8. The molecule has 0 unspecified atom stereocenters. The molecule has 5 rings (SSSR count). The van der Waals surface area contributed by atoms with Crippen LogP contribution in [0.25, 0.3) is 0 Å². The summed E-state index contributed by atoms with van der Waals surface area (Å²) in [5.41, 5.74) is 0.495. The predicted octanol–water partition coefficient (Wildman–Crippen LogP) is 6.41. The number of Topliss-reactive ketones (excluding diaryl/α,β-unsaturated/α-hetero) is 1. The first-order chi connectivity index (χ1) is 20.0. The van der Waals surface area contributed by atoms with Crippen molar-refractivity contribution in [3.63, 3.8) is 0 Å². The van der Waals surface area contributed by atoms with Crippen molar-refractivity contribution in [1.29, 1.82) is 0 Å². The van der Waals surface area contributed by atoms with Crippen LogP contribution in [0.15, 0.2) is 83.4 Å². The number of nitrogens with zero attached hydrogens (tertiary/aromatic N) is 2. The van der Waals surface area contributed by atoms with Gasteiger partial charge >= 0.3 is 5.97 Å². The van der Waals surface area contributed by atoms with Crippen LogP contribution >= 0.6 is 39.1 Å². The van der Waals surface area contributed by atoms with E-state index in [2.05, 4.69) is 15.9 Å². The largest absolute Gasteiger partial charge is 0.423 e. The van der Waals surface area contributed by atoms with E-state index in [0.29, 0.717) is 17.0 Å². The van der Waals surface area contributed by atoms with E-state index in [4.69, 9.17) is 27.9 Å². The molecule has 0 aromatic heterocycles. The maximum Gasteiger partial charge on any atom is 0.343 e. The number of carbonyl (C=O) groups excluding carboxylic acids is 5. The molecule has 214 valence electrons. The number of halogens is 3. The van der Waals surface area contributed by atoms with Crippen molar-refractivity contribution >= 4 is 68.6 Å². The summed E-state index contributed by atoms with van der Waals surface area (Å²) >= 11 is 15.6. The van der Waals surface area contributed by atoms with Crippen LogP contribution < -0.4 is 4.74 Å². The third kappa shape index (κ3) is 5.90. The molecule has 0 bridgehead atoms. The lowest BCUT2D eigenvalue weighted by Gasteiger charge is -2.30. The van der Waals surface area contributed by atoms with Gasteiger partial charge in [0.1, 0.15) is 12.3 Å². The third-order valence-corrected chi connectivity index (χ3v) is 8.32. The van der Waals surface area contributed by atoms with Crippen LogP contribution in [-0.2, 0) is 9.59 Å². The van der Waals surface area contributed by atoms with Crippen LogP contribution in [0, 0.1) is 17.8 Å². The van der Waals surface area contributed by atoms with Gasteiger partial charge in [-0.15, -0.1) is 0 Å². The second-order valence-corrected chi connectivity index (χ2v) is 11.7. The highest BCUT2D eigenvalue weighted by Gasteiger charge is 2.53. The summed E-state index contributed by atoms with van der Waals surface area (Å²) in [6.07, 6.45) is 4.07. The Morgan fingerprint density at radius 3 is 2.26 bits per heavy atom. The topological polar surface area (TPSA) is 101 Å². The predicted molar refractivity (Wildman–Crippen MR) is 159 cm³/mol. The number of imide groups is 1. The van der Waals surface area contributed by atoms with Gasteiger partial charge in [0.15, 0.2) is 5.78 Å². The lowest BCUT2D eigenvalue weighted by Crippen LogP contribution is -2.52. The summed E-state index contributed by atoms with van der Waals surface area (Å²) in [5, 5.41) is 1.94. The zero-order valence-corrected chi connectivity index (χ0v) is 25.2. The first kappa shape index (κ1) is 29.7. The van der Waals surface area contributed by atoms with Gasteiger partial charge in [0, 0.05) is 15.1 Å². The molecular formula is C31H23BrCl2N2O6. The molecule has 0 N–H and O–H groups in total. The molecule has 0 radical (unpaired) electrons. The molecule has 3 amide bonds. The fraction of sp³-hybridized carbons (Fsp3) is 0.194. The molecule has 1 saturated heterocycles. The standard InChI is InChI=1S/C31H23BrCl2N2O6/c1-17-3-2-4-24-27(17)30(40)36(29(24)39)35(28(38)23-14-11-21(33)15-25(23)34)16-26(37)18-7-12-22(13-8-18)42-31(41)19-5-9-20(32)10-6-19/h2-3,5-15,17,24,27H,4,16H2,1H3/t17-,24-,27-/m1/s1. The number of ether oxygens (including phenoxy) is 1. The molecule has 1 heterocycles. The number of benzene rings is 3. The quantitative estimate of drug-likeness (QED) is 0.0947. The van der Waals surface area contributed by atoms with Gasteiger partial charge < -0.3 is 4.74 Å². The van der Waals surface area contributed by atoms with E-state index in [1.54, 1.807) is 24.3 Å². The first-order valence-corrected chi connectivity index (χ1v) is 14.5. The second-order valence-electron chi connectivity index (χ2n) is 9.97. The molecule has 11 heteroatoms. The molecule has 0 spiro atoms. The molecule has 1 fully saturated rings. The van der Waals surface area contributed by atoms with E-state index >= 15 is 0 Å². The fourth-order valence-corrected chi connectivity index (χ4v) is 5.85. The molecule has 2 aliphatic rings. The van der Waals surface area contributed by atoms with Crippen LogP contribution in [0.1, 0.15) is 44.4 Å². The zero-order valence-electron chi connectivity index (χ0n) is 22.1. The number of carbonyl (C=O) groups is 5. The summed E-state index contributed by atoms with van der Waals surface area (Å²) in [6, 6.07) is 16.6. The molecule has 3 aromatic rings. The lowest BCUT2D eigenvalue weighted by molar-refractivity contribution is -0.154. The number of hydrogen-bond acceptors (Lipinski definition) is 6. The van der Waals surface area contributed by atoms with E-state index in [-0.39, 0.29) is 27.8 Å². The summed E-state index contributed by atoms with van der Waals surface area (Å²) < 4.78 is 6.20. The summed E-state index contributed by atoms with van der Waals surface area (Å²) in [5.74, 6) is -4.33. The Balaban J connectivity index is 1.40. The summed E-state index contributed by atoms with van der Waals surface area (Å²) in [4.78, 5) is 66.7. The van der Waals surface area contributed by atoms with Crippen molar-refractivity contribution in [2.75, 3.05) is 6.54 Å². The molecular weight excluding hydrogens is 647 g/mol. The van der Waals surface area contributed by atoms with Gasteiger partial charge in [-0.1, -0.05) is 58.2 Å². The normalized spacial score (nSPS) is 19.4. The Kier molecular flexibility index (Phi) is 8.63. The van der Waals surface area contributed by atoms with Crippen LogP contribution in [0.4, 0.5) is 0 Å². The number of amides is 3. The fourth-order valence-electron chi connectivity index (χ4n) is 5.09. The summed E-state index contributed by atoms with van der Waals surface area (Å²) in [6.45, 7) is 1.22. The second kappa shape index (κ2) is 12.2. The molecule has 42 heavy (non-hydrogen) atoms. The first-order valence-electron chi connectivity index (χ1n) is 13.0. The molecule has 0 saturated carbocycles. The molecule has 1 aliphatic heterocycles. The SMILES string of the molecule is C[C@@H]1C=CC[C@H]2C(=O)N(N(CC(=O)c3ccc(OC(=O)c4ccc(Br)cc4)cc3)C(=O)c3ccc(Cl)cc3Cl)C(=O)[C@H]12. The van der Waals surface area contributed by atoms with Crippen LogP contribution in [0.2, 0.25) is 10.0 Å². The summed E-state index contributed by atoms with van der Waals surface area (Å²) in [7, 11) is 0. The van der Waals surface area contributed by atoms with Crippen molar-refractivity contribution in [3.8, 4) is 5.75 Å². The van der Waals surface area contributed by atoms with E-state index in [1.165, 1.54) is 42.5 Å². The number of hydrazine groups is 1. The highest BCUT2D eigenvalue weighted by molar-refractivity contribution is 9.10. The average Bonchev–Trinajstić information content (AvgIpc) is 3.22. The number of esters is 1. The molecule has 8 nitrogen and oxygen atoms in total. The third-order valence-electron chi connectivity index (χ3n) is 7.25. The Morgan fingerprint density at radius 2 is 1.62 bits per heavy atom. The van der Waals surface area contributed by atoms with Crippen molar-refractivity contribution < 1.29 is 28.7 Å². The van der Waals surface area contributed by atoms with Crippen molar-refractivity contribution in [3.05, 3.63) is 110 Å². The smallest absolute Gasteiger partial charge is 0.343 e. The van der Waals surface area contributed by atoms with E-state index in [1.807, 2.05) is 19.1 Å². The van der Waals surface area contributed by atoms with Crippen molar-refractivity contribution in [1.82, 2.24) is 10.0 Å². The number of allylic oxidation sites excluding steroid dienone is 2.